The third kappa shape index (κ3) is 1.91. The molecular formula is C18H16O. The van der Waals surface area contributed by atoms with Gasteiger partial charge in [0.25, 0.3) is 0 Å². The summed E-state index contributed by atoms with van der Waals surface area (Å²) in [4.78, 5) is 11.7. The monoisotopic (exact) mass is 248 g/mol. The fraction of sp³-hybridized carbons (Fsp3) is 0.167. The maximum atomic E-state index is 11.7. The standard InChI is InChI=1S/C18H16O/c1-12(13(2)19)18-11-14-7-3-4-8-15(14)16-9-5-6-10-17(16)18/h3-12H,1-2H3/t12-/m0/s1. The number of fused-ring (bicyclic) bond motifs is 3. The van der Waals surface area contributed by atoms with Crippen molar-refractivity contribution in [2.45, 2.75) is 19.8 Å². The van der Waals surface area contributed by atoms with Gasteiger partial charge in [0.05, 0.1) is 0 Å². The number of benzene rings is 3. The number of hydrogen-bond acceptors (Lipinski definition) is 1. The first-order valence-corrected chi connectivity index (χ1v) is 6.59. The number of ketones is 1. The summed E-state index contributed by atoms with van der Waals surface area (Å²) in [7, 11) is 0. The lowest BCUT2D eigenvalue weighted by molar-refractivity contribution is -0.118. The van der Waals surface area contributed by atoms with E-state index in [1.807, 2.05) is 19.1 Å². The quantitative estimate of drug-likeness (QED) is 0.601. The molecule has 0 saturated carbocycles. The summed E-state index contributed by atoms with van der Waals surface area (Å²) < 4.78 is 0. The van der Waals surface area contributed by atoms with E-state index in [9.17, 15) is 4.79 Å². The van der Waals surface area contributed by atoms with E-state index in [4.69, 9.17) is 0 Å². The molecule has 0 aliphatic heterocycles. The van der Waals surface area contributed by atoms with Crippen LogP contribution in [-0.2, 0) is 4.79 Å². The molecule has 0 amide bonds. The van der Waals surface area contributed by atoms with Gasteiger partial charge in [-0.1, -0.05) is 55.5 Å². The van der Waals surface area contributed by atoms with Gasteiger partial charge in [0.15, 0.2) is 0 Å². The molecule has 0 radical (unpaired) electrons. The Kier molecular flexibility index (Phi) is 2.83. The molecule has 0 aliphatic rings. The van der Waals surface area contributed by atoms with Crippen LogP contribution in [-0.4, -0.2) is 5.78 Å². The maximum Gasteiger partial charge on any atom is 0.137 e. The number of rotatable bonds is 2. The highest BCUT2D eigenvalue weighted by molar-refractivity contribution is 6.10. The molecule has 3 aromatic carbocycles. The molecule has 0 saturated heterocycles. The number of carbonyl (C=O) groups is 1. The van der Waals surface area contributed by atoms with E-state index in [0.29, 0.717) is 0 Å². The summed E-state index contributed by atoms with van der Waals surface area (Å²) in [6.45, 7) is 3.65. The second-order valence-corrected chi connectivity index (χ2v) is 5.06. The Morgan fingerprint density at radius 3 is 2.16 bits per heavy atom. The number of Topliss-reactive ketones (excluding diaryl/α,β-unsaturated/α-hetero) is 1. The molecule has 1 atom stereocenters. The molecule has 0 spiro atoms. The van der Waals surface area contributed by atoms with E-state index < -0.39 is 0 Å². The van der Waals surface area contributed by atoms with Crippen LogP contribution in [0.2, 0.25) is 0 Å². The van der Waals surface area contributed by atoms with Crippen LogP contribution in [0.3, 0.4) is 0 Å². The number of carbonyl (C=O) groups excluding carboxylic acids is 1. The van der Waals surface area contributed by atoms with Crippen LogP contribution in [0, 0.1) is 0 Å². The lowest BCUT2D eigenvalue weighted by Crippen LogP contribution is -2.05. The van der Waals surface area contributed by atoms with E-state index >= 15 is 0 Å². The maximum absolute atomic E-state index is 11.7. The van der Waals surface area contributed by atoms with Crippen LogP contribution in [0.1, 0.15) is 25.3 Å². The summed E-state index contributed by atoms with van der Waals surface area (Å²) in [6.07, 6.45) is 0. The minimum absolute atomic E-state index is 0.0606. The summed E-state index contributed by atoms with van der Waals surface area (Å²) in [6, 6.07) is 18.8. The average Bonchev–Trinajstić information content (AvgIpc) is 2.45. The zero-order valence-electron chi connectivity index (χ0n) is 11.2. The zero-order chi connectivity index (χ0) is 13.4. The molecule has 1 heteroatoms. The predicted octanol–water partition coefficient (Wildman–Crippen LogP) is 4.69. The largest absolute Gasteiger partial charge is 0.299 e. The molecule has 3 aromatic rings. The van der Waals surface area contributed by atoms with Gasteiger partial charge in [0, 0.05) is 5.92 Å². The molecule has 0 N–H and O–H groups in total. The smallest absolute Gasteiger partial charge is 0.137 e. The van der Waals surface area contributed by atoms with Crippen molar-refractivity contribution in [3.05, 3.63) is 60.2 Å². The van der Waals surface area contributed by atoms with Crippen molar-refractivity contribution in [3.8, 4) is 0 Å². The molecule has 94 valence electrons. The minimum Gasteiger partial charge on any atom is -0.299 e. The second-order valence-electron chi connectivity index (χ2n) is 5.06. The highest BCUT2D eigenvalue weighted by Crippen LogP contribution is 2.32. The van der Waals surface area contributed by atoms with Crippen LogP contribution < -0.4 is 0 Å². The molecule has 19 heavy (non-hydrogen) atoms. The first kappa shape index (κ1) is 11.9. The minimum atomic E-state index is -0.0606. The van der Waals surface area contributed by atoms with Gasteiger partial charge in [0.1, 0.15) is 5.78 Å². The zero-order valence-corrected chi connectivity index (χ0v) is 11.2. The summed E-state index contributed by atoms with van der Waals surface area (Å²) in [5, 5.41) is 4.86. The average molecular weight is 248 g/mol. The van der Waals surface area contributed by atoms with Crippen LogP contribution in [0.5, 0.6) is 0 Å². The fourth-order valence-electron chi connectivity index (χ4n) is 2.66. The Morgan fingerprint density at radius 2 is 1.47 bits per heavy atom. The van der Waals surface area contributed by atoms with Crippen molar-refractivity contribution in [3.63, 3.8) is 0 Å². The number of hydrogen-bond donors (Lipinski definition) is 0. The van der Waals surface area contributed by atoms with Gasteiger partial charge >= 0.3 is 0 Å². The third-order valence-electron chi connectivity index (χ3n) is 3.88. The van der Waals surface area contributed by atoms with E-state index in [2.05, 4.69) is 42.5 Å². The van der Waals surface area contributed by atoms with Crippen molar-refractivity contribution in [2.24, 2.45) is 0 Å². The van der Waals surface area contributed by atoms with Gasteiger partial charge in [-0.2, -0.15) is 0 Å². The Bertz CT molecular complexity index is 771. The Balaban J connectivity index is 2.45. The highest BCUT2D eigenvalue weighted by Gasteiger charge is 2.15. The molecule has 0 bridgehead atoms. The van der Waals surface area contributed by atoms with E-state index in [1.54, 1.807) is 6.92 Å². The molecule has 0 aliphatic carbocycles. The van der Waals surface area contributed by atoms with Crippen LogP contribution in [0.15, 0.2) is 54.6 Å². The van der Waals surface area contributed by atoms with E-state index in [1.165, 1.54) is 21.5 Å². The summed E-state index contributed by atoms with van der Waals surface area (Å²) in [5.74, 6) is 0.148. The fourth-order valence-corrected chi connectivity index (χ4v) is 2.66. The lowest BCUT2D eigenvalue weighted by Gasteiger charge is -2.14. The Hall–Kier alpha value is -2.15. The van der Waals surface area contributed by atoms with Crippen LogP contribution in [0.25, 0.3) is 21.5 Å². The molecule has 3 rings (SSSR count). The van der Waals surface area contributed by atoms with Crippen molar-refractivity contribution >= 4 is 27.3 Å². The second kappa shape index (κ2) is 4.51. The van der Waals surface area contributed by atoms with Gasteiger partial charge in [0.2, 0.25) is 0 Å². The first-order valence-electron chi connectivity index (χ1n) is 6.59. The summed E-state index contributed by atoms with van der Waals surface area (Å²) >= 11 is 0. The summed E-state index contributed by atoms with van der Waals surface area (Å²) in [5.41, 5.74) is 1.13. The lowest BCUT2D eigenvalue weighted by atomic mass is 9.89. The molecule has 0 fully saturated rings. The predicted molar refractivity (Wildman–Crippen MR) is 80.6 cm³/mol. The van der Waals surface area contributed by atoms with Gasteiger partial charge in [-0.25, -0.2) is 0 Å². The third-order valence-corrected chi connectivity index (χ3v) is 3.88. The van der Waals surface area contributed by atoms with E-state index in [-0.39, 0.29) is 11.7 Å². The van der Waals surface area contributed by atoms with Crippen molar-refractivity contribution < 1.29 is 4.79 Å². The molecule has 1 nitrogen and oxygen atoms in total. The Labute approximate surface area is 112 Å². The molecule has 0 unspecified atom stereocenters. The van der Waals surface area contributed by atoms with Crippen LogP contribution in [0.4, 0.5) is 0 Å². The van der Waals surface area contributed by atoms with Gasteiger partial charge in [-0.05, 0) is 40.1 Å². The van der Waals surface area contributed by atoms with Crippen molar-refractivity contribution in [1.29, 1.82) is 0 Å². The Morgan fingerprint density at radius 1 is 0.895 bits per heavy atom. The van der Waals surface area contributed by atoms with Crippen molar-refractivity contribution in [2.75, 3.05) is 0 Å². The normalized spacial score (nSPS) is 12.7. The van der Waals surface area contributed by atoms with Gasteiger partial charge in [-0.3, -0.25) is 4.79 Å². The van der Waals surface area contributed by atoms with Crippen LogP contribution >= 0.6 is 0 Å². The molecular weight excluding hydrogens is 232 g/mol. The van der Waals surface area contributed by atoms with Gasteiger partial charge in [-0.15, -0.1) is 0 Å². The topological polar surface area (TPSA) is 17.1 Å². The van der Waals surface area contributed by atoms with E-state index in [0.717, 1.165) is 5.56 Å². The highest BCUT2D eigenvalue weighted by atomic mass is 16.1. The first-order chi connectivity index (χ1) is 9.18. The van der Waals surface area contributed by atoms with Gasteiger partial charge < -0.3 is 0 Å². The molecule has 0 aromatic heterocycles. The molecule has 0 heterocycles. The SMILES string of the molecule is CC(=O)[C@H](C)c1cc2ccccc2c2ccccc12. The van der Waals surface area contributed by atoms with Crippen molar-refractivity contribution in [1.82, 2.24) is 0 Å².